The van der Waals surface area contributed by atoms with Crippen molar-refractivity contribution in [1.29, 1.82) is 0 Å². The molecule has 0 spiro atoms. The van der Waals surface area contributed by atoms with Crippen LogP contribution in [0.1, 0.15) is 45.5 Å². The van der Waals surface area contributed by atoms with E-state index in [2.05, 4.69) is 27.8 Å². The average Bonchev–Trinajstić information content (AvgIpc) is 2.79. The fourth-order valence-corrected chi connectivity index (χ4v) is 2.12. The van der Waals surface area contributed by atoms with Crippen molar-refractivity contribution in [2.75, 3.05) is 11.9 Å². The van der Waals surface area contributed by atoms with Gasteiger partial charge in [0.2, 0.25) is 16.9 Å². The lowest BCUT2D eigenvalue weighted by Gasteiger charge is -2.16. The number of unbranched alkanes of at least 4 members (excludes halogenated alkanes) is 1. The number of carbonyl (C=O) groups excluding carboxylic acids is 2. The zero-order valence-corrected chi connectivity index (χ0v) is 13.3. The van der Waals surface area contributed by atoms with Gasteiger partial charge in [-0.2, -0.15) is 0 Å². The van der Waals surface area contributed by atoms with Gasteiger partial charge < -0.3 is 5.32 Å². The lowest BCUT2D eigenvalue weighted by atomic mass is 9.96. The molecule has 0 aliphatic rings. The Morgan fingerprint density at radius 2 is 1.95 bits per heavy atom. The van der Waals surface area contributed by atoms with Gasteiger partial charge in [0, 0.05) is 11.8 Å². The fraction of sp³-hybridized carbons (Fsp3) is 0.692. The van der Waals surface area contributed by atoms with Gasteiger partial charge >= 0.3 is 0 Å². The van der Waals surface area contributed by atoms with Crippen molar-refractivity contribution < 1.29 is 9.59 Å². The predicted octanol–water partition coefficient (Wildman–Crippen LogP) is 1.98. The maximum atomic E-state index is 11.7. The number of amides is 2. The molecule has 0 saturated heterocycles. The van der Waals surface area contributed by atoms with Crippen molar-refractivity contribution in [2.24, 2.45) is 5.41 Å². The molecule has 0 radical (unpaired) electrons. The highest BCUT2D eigenvalue weighted by molar-refractivity contribution is 7.15. The largest absolute Gasteiger partial charge is 0.347 e. The number of rotatable bonds is 6. The molecular formula is C13H22N4O2S. The normalized spacial score (nSPS) is 11.2. The maximum absolute atomic E-state index is 11.7. The van der Waals surface area contributed by atoms with Crippen molar-refractivity contribution in [3.05, 3.63) is 5.01 Å². The third kappa shape index (κ3) is 5.64. The summed E-state index contributed by atoms with van der Waals surface area (Å²) in [5.41, 5.74) is -0.504. The number of hydrogen-bond donors (Lipinski definition) is 2. The molecule has 0 aromatic carbocycles. The number of carbonyl (C=O) groups is 2. The topological polar surface area (TPSA) is 84.0 Å². The first kappa shape index (κ1) is 16.6. The average molecular weight is 298 g/mol. The minimum absolute atomic E-state index is 0.0556. The van der Waals surface area contributed by atoms with Crippen LogP contribution in [0.25, 0.3) is 0 Å². The summed E-state index contributed by atoms with van der Waals surface area (Å²) in [5.74, 6) is -0.450. The summed E-state index contributed by atoms with van der Waals surface area (Å²) in [7, 11) is 0. The zero-order valence-electron chi connectivity index (χ0n) is 12.4. The van der Waals surface area contributed by atoms with Crippen LogP contribution in [0.3, 0.4) is 0 Å². The molecule has 0 aliphatic carbocycles. The second-order valence-corrected chi connectivity index (χ2v) is 6.65. The molecule has 1 aromatic rings. The van der Waals surface area contributed by atoms with Crippen LogP contribution in [0, 0.1) is 5.41 Å². The highest BCUT2D eigenvalue weighted by Gasteiger charge is 2.21. The number of aromatic nitrogens is 2. The van der Waals surface area contributed by atoms with Gasteiger partial charge in [-0.05, 0) is 6.42 Å². The van der Waals surface area contributed by atoms with Gasteiger partial charge in [-0.25, -0.2) is 0 Å². The molecule has 7 heteroatoms. The molecule has 0 saturated carbocycles. The number of nitrogens with one attached hydrogen (secondary N) is 2. The van der Waals surface area contributed by atoms with E-state index >= 15 is 0 Å². The second kappa shape index (κ2) is 7.33. The minimum Gasteiger partial charge on any atom is -0.347 e. The summed E-state index contributed by atoms with van der Waals surface area (Å²) in [6.45, 7) is 7.45. The maximum Gasteiger partial charge on any atom is 0.245 e. The Kier molecular flexibility index (Phi) is 6.06. The molecule has 20 heavy (non-hydrogen) atoms. The lowest BCUT2D eigenvalue weighted by molar-refractivity contribution is -0.130. The molecule has 0 aliphatic heterocycles. The van der Waals surface area contributed by atoms with Crippen molar-refractivity contribution in [2.45, 2.75) is 47.0 Å². The smallest absolute Gasteiger partial charge is 0.245 e. The lowest BCUT2D eigenvalue weighted by Crippen LogP contribution is -2.39. The first-order valence-electron chi connectivity index (χ1n) is 6.73. The SMILES string of the molecule is CCCCc1nnc(NC(=O)CNC(=O)C(C)(C)C)s1. The van der Waals surface area contributed by atoms with Gasteiger partial charge in [-0.1, -0.05) is 45.5 Å². The molecular weight excluding hydrogens is 276 g/mol. The van der Waals surface area contributed by atoms with E-state index in [0.29, 0.717) is 5.13 Å². The van der Waals surface area contributed by atoms with Crippen molar-refractivity contribution >= 4 is 28.3 Å². The van der Waals surface area contributed by atoms with E-state index in [0.717, 1.165) is 24.3 Å². The molecule has 1 heterocycles. The number of anilines is 1. The molecule has 0 atom stereocenters. The van der Waals surface area contributed by atoms with Gasteiger partial charge in [0.1, 0.15) is 5.01 Å². The molecule has 0 bridgehead atoms. The number of hydrogen-bond acceptors (Lipinski definition) is 5. The van der Waals surface area contributed by atoms with E-state index in [1.165, 1.54) is 11.3 Å². The predicted molar refractivity (Wildman–Crippen MR) is 79.6 cm³/mol. The Morgan fingerprint density at radius 3 is 2.55 bits per heavy atom. The highest BCUT2D eigenvalue weighted by Crippen LogP contribution is 2.17. The fourth-order valence-electron chi connectivity index (χ4n) is 1.32. The van der Waals surface area contributed by atoms with Crippen LogP contribution >= 0.6 is 11.3 Å². The van der Waals surface area contributed by atoms with Gasteiger partial charge in [0.05, 0.1) is 6.54 Å². The molecule has 112 valence electrons. The van der Waals surface area contributed by atoms with Crippen LogP contribution < -0.4 is 10.6 Å². The standard InChI is InChI=1S/C13H22N4O2S/c1-5-6-7-10-16-17-12(20-10)15-9(18)8-14-11(19)13(2,3)4/h5-8H2,1-4H3,(H,14,19)(H,15,17,18). The molecule has 0 unspecified atom stereocenters. The number of nitrogens with zero attached hydrogens (tertiary/aromatic N) is 2. The van der Waals surface area contributed by atoms with Crippen LogP contribution in [0.4, 0.5) is 5.13 Å². The summed E-state index contributed by atoms with van der Waals surface area (Å²) < 4.78 is 0. The first-order valence-corrected chi connectivity index (χ1v) is 7.55. The van der Waals surface area contributed by atoms with Gasteiger partial charge in [-0.15, -0.1) is 10.2 Å². The quantitative estimate of drug-likeness (QED) is 0.841. The Hall–Kier alpha value is -1.50. The van der Waals surface area contributed by atoms with Crippen molar-refractivity contribution in [3.8, 4) is 0 Å². The Balaban J connectivity index is 2.39. The summed E-state index contributed by atoms with van der Waals surface area (Å²) >= 11 is 1.37. The van der Waals surface area contributed by atoms with Gasteiger partial charge in [0.25, 0.3) is 0 Å². The van der Waals surface area contributed by atoms with Crippen LogP contribution in [-0.4, -0.2) is 28.6 Å². The van der Waals surface area contributed by atoms with E-state index < -0.39 is 5.41 Å². The summed E-state index contributed by atoms with van der Waals surface area (Å²) in [6.07, 6.45) is 3.04. The summed E-state index contributed by atoms with van der Waals surface area (Å²) in [6, 6.07) is 0. The van der Waals surface area contributed by atoms with Crippen LogP contribution in [-0.2, 0) is 16.0 Å². The minimum atomic E-state index is -0.504. The molecule has 1 rings (SSSR count). The molecule has 0 fully saturated rings. The van der Waals surface area contributed by atoms with E-state index in [1.54, 1.807) is 20.8 Å². The van der Waals surface area contributed by atoms with Crippen molar-refractivity contribution in [3.63, 3.8) is 0 Å². The molecule has 2 amide bonds. The molecule has 2 N–H and O–H groups in total. The van der Waals surface area contributed by atoms with Crippen molar-refractivity contribution in [1.82, 2.24) is 15.5 Å². The van der Waals surface area contributed by atoms with Crippen LogP contribution in [0.5, 0.6) is 0 Å². The summed E-state index contributed by atoms with van der Waals surface area (Å²) in [4.78, 5) is 23.3. The van der Waals surface area contributed by atoms with E-state index in [4.69, 9.17) is 0 Å². The van der Waals surface area contributed by atoms with Crippen LogP contribution in [0.2, 0.25) is 0 Å². The first-order chi connectivity index (χ1) is 9.32. The zero-order chi connectivity index (χ0) is 15.2. The monoisotopic (exact) mass is 298 g/mol. The van der Waals surface area contributed by atoms with E-state index in [-0.39, 0.29) is 18.4 Å². The summed E-state index contributed by atoms with van der Waals surface area (Å²) in [5, 5.41) is 14.5. The van der Waals surface area contributed by atoms with E-state index in [1.807, 2.05) is 0 Å². The third-order valence-electron chi connectivity index (χ3n) is 2.55. The second-order valence-electron chi connectivity index (χ2n) is 5.59. The van der Waals surface area contributed by atoms with E-state index in [9.17, 15) is 9.59 Å². The van der Waals surface area contributed by atoms with Crippen LogP contribution in [0.15, 0.2) is 0 Å². The highest BCUT2D eigenvalue weighted by atomic mass is 32.1. The Bertz CT molecular complexity index is 465. The molecule has 6 nitrogen and oxygen atoms in total. The molecule has 1 aromatic heterocycles. The third-order valence-corrected chi connectivity index (χ3v) is 3.45. The number of aryl methyl sites for hydroxylation is 1. The Morgan fingerprint density at radius 1 is 1.25 bits per heavy atom. The van der Waals surface area contributed by atoms with Gasteiger partial charge in [0.15, 0.2) is 0 Å². The Labute approximate surface area is 123 Å². The van der Waals surface area contributed by atoms with Gasteiger partial charge in [-0.3, -0.25) is 14.9 Å².